The van der Waals surface area contributed by atoms with Crippen LogP contribution >= 0.6 is 0 Å². The molecule has 1 unspecified atom stereocenters. The van der Waals surface area contributed by atoms with Gasteiger partial charge < -0.3 is 20.3 Å². The lowest BCUT2D eigenvalue weighted by atomic mass is 9.79. The molecule has 2 aliphatic rings. The van der Waals surface area contributed by atoms with Gasteiger partial charge in [-0.05, 0) is 33.1 Å². The summed E-state index contributed by atoms with van der Waals surface area (Å²) >= 11 is 0. The van der Waals surface area contributed by atoms with Gasteiger partial charge in [-0.3, -0.25) is 0 Å². The Bertz CT molecular complexity index is 464. The maximum Gasteiger partial charge on any atom is 0.334 e. The fourth-order valence-corrected chi connectivity index (χ4v) is 3.01. The maximum absolute atomic E-state index is 11.5. The van der Waals surface area contributed by atoms with Crippen molar-refractivity contribution in [3.05, 3.63) is 22.5 Å². The van der Waals surface area contributed by atoms with Crippen molar-refractivity contribution in [3.63, 3.8) is 0 Å². The van der Waals surface area contributed by atoms with Gasteiger partial charge in [0.1, 0.15) is 0 Å². The van der Waals surface area contributed by atoms with Crippen LogP contribution in [0.3, 0.4) is 0 Å². The minimum atomic E-state index is -1.10. The second-order valence-electron chi connectivity index (χ2n) is 5.20. The van der Waals surface area contributed by atoms with E-state index in [-0.39, 0.29) is 17.3 Å². The molecule has 0 aliphatic carbocycles. The topological polar surface area (TPSA) is 95.9 Å². The first-order valence-electron chi connectivity index (χ1n) is 6.70. The van der Waals surface area contributed by atoms with E-state index < -0.39 is 17.9 Å². The number of allylic oxidation sites excluding steroid dienone is 2. The number of dihydropyridines is 1. The molecule has 0 aromatic carbocycles. The molecule has 0 saturated carbocycles. The lowest BCUT2D eigenvalue weighted by molar-refractivity contribution is -0.135. The van der Waals surface area contributed by atoms with Crippen LogP contribution in [-0.2, 0) is 14.3 Å². The molecule has 6 heteroatoms. The van der Waals surface area contributed by atoms with Crippen molar-refractivity contribution in [1.82, 2.24) is 5.32 Å². The zero-order chi connectivity index (χ0) is 14.9. The number of hydrogen-bond donors (Lipinski definition) is 3. The van der Waals surface area contributed by atoms with Gasteiger partial charge in [0.2, 0.25) is 0 Å². The average molecular weight is 281 g/mol. The molecule has 0 aromatic heterocycles. The minimum Gasteiger partial charge on any atom is -0.478 e. The molecule has 1 saturated heterocycles. The number of carboxylic acids is 2. The highest BCUT2D eigenvalue weighted by molar-refractivity contribution is 5.96. The molecule has 0 aromatic rings. The number of ether oxygens (including phenoxy) is 1. The summed E-state index contributed by atoms with van der Waals surface area (Å²) in [4.78, 5) is 23.0. The normalized spacial score (nSPS) is 24.6. The molecule has 6 nitrogen and oxygen atoms in total. The van der Waals surface area contributed by atoms with Crippen LogP contribution in [0.1, 0.15) is 33.1 Å². The van der Waals surface area contributed by atoms with E-state index in [9.17, 15) is 19.8 Å². The number of carboxylic acid groups (broad SMARTS) is 2. The van der Waals surface area contributed by atoms with Crippen LogP contribution in [0.4, 0.5) is 0 Å². The monoisotopic (exact) mass is 281 g/mol. The predicted molar refractivity (Wildman–Crippen MR) is 70.9 cm³/mol. The van der Waals surface area contributed by atoms with Gasteiger partial charge in [0, 0.05) is 18.0 Å². The van der Waals surface area contributed by atoms with Gasteiger partial charge in [0.25, 0.3) is 0 Å². The molecule has 0 spiro atoms. The van der Waals surface area contributed by atoms with Crippen LogP contribution in [0.2, 0.25) is 0 Å². The fourth-order valence-electron chi connectivity index (χ4n) is 3.01. The van der Waals surface area contributed by atoms with Crippen LogP contribution in [0.5, 0.6) is 0 Å². The lowest BCUT2D eigenvalue weighted by Crippen LogP contribution is -2.40. The zero-order valence-corrected chi connectivity index (χ0v) is 11.6. The number of hydrogen-bond acceptors (Lipinski definition) is 4. The van der Waals surface area contributed by atoms with E-state index >= 15 is 0 Å². The first-order chi connectivity index (χ1) is 9.43. The van der Waals surface area contributed by atoms with Crippen LogP contribution in [0, 0.1) is 5.92 Å². The third-order valence-electron chi connectivity index (χ3n) is 3.85. The van der Waals surface area contributed by atoms with Gasteiger partial charge in [-0.2, -0.15) is 0 Å². The number of carbonyl (C=O) groups is 2. The molecule has 2 aliphatic heterocycles. The van der Waals surface area contributed by atoms with Gasteiger partial charge in [0.05, 0.1) is 23.2 Å². The van der Waals surface area contributed by atoms with Gasteiger partial charge in [-0.25, -0.2) is 9.59 Å². The smallest absolute Gasteiger partial charge is 0.334 e. The van der Waals surface area contributed by atoms with Crippen molar-refractivity contribution in [2.75, 3.05) is 6.61 Å². The Balaban J connectivity index is 2.48. The molecule has 1 atom stereocenters. The Hall–Kier alpha value is -1.82. The number of aliphatic carboxylic acids is 2. The van der Waals surface area contributed by atoms with E-state index in [2.05, 4.69) is 5.32 Å². The van der Waals surface area contributed by atoms with Crippen LogP contribution in [0.15, 0.2) is 22.5 Å². The molecule has 2 heterocycles. The van der Waals surface area contributed by atoms with Crippen molar-refractivity contribution >= 4 is 11.9 Å². The standard InChI is InChI=1S/C14H19NO5/c1-7-10(13(16)17)12(9-5-3-4-6-20-9)11(14(18)19)8(2)15-7/h9,12,15H,3-6H2,1-2H3,(H,16,17)(H,18,19). The van der Waals surface area contributed by atoms with E-state index in [1.54, 1.807) is 13.8 Å². The van der Waals surface area contributed by atoms with Crippen molar-refractivity contribution in [1.29, 1.82) is 0 Å². The number of nitrogens with one attached hydrogen (secondary N) is 1. The summed E-state index contributed by atoms with van der Waals surface area (Å²) in [5, 5.41) is 21.7. The molecule has 1 fully saturated rings. The third kappa shape index (κ3) is 2.56. The van der Waals surface area contributed by atoms with Crippen LogP contribution in [-0.4, -0.2) is 34.9 Å². The molecule has 0 radical (unpaired) electrons. The third-order valence-corrected chi connectivity index (χ3v) is 3.85. The summed E-state index contributed by atoms with van der Waals surface area (Å²) in [6.07, 6.45) is 2.15. The molecule has 2 rings (SSSR count). The van der Waals surface area contributed by atoms with Gasteiger partial charge in [0.15, 0.2) is 0 Å². The van der Waals surface area contributed by atoms with Crippen molar-refractivity contribution in [2.24, 2.45) is 5.92 Å². The molecule has 20 heavy (non-hydrogen) atoms. The molecule has 0 bridgehead atoms. The van der Waals surface area contributed by atoms with E-state index in [4.69, 9.17) is 4.74 Å². The highest BCUT2D eigenvalue weighted by Gasteiger charge is 2.41. The molecular weight excluding hydrogens is 262 g/mol. The Morgan fingerprint density at radius 3 is 2.05 bits per heavy atom. The Kier molecular flexibility index (Phi) is 4.13. The Morgan fingerprint density at radius 1 is 1.10 bits per heavy atom. The first kappa shape index (κ1) is 14.6. The zero-order valence-electron chi connectivity index (χ0n) is 11.6. The number of rotatable bonds is 3. The lowest BCUT2D eigenvalue weighted by Gasteiger charge is -2.35. The van der Waals surface area contributed by atoms with E-state index in [0.29, 0.717) is 24.4 Å². The molecular formula is C14H19NO5. The SMILES string of the molecule is CC1=C(C(=O)O)C(C2CCCCO2)C(C(=O)O)=C(C)N1. The highest BCUT2D eigenvalue weighted by atomic mass is 16.5. The van der Waals surface area contributed by atoms with E-state index in [1.807, 2.05) is 0 Å². The van der Waals surface area contributed by atoms with E-state index in [0.717, 1.165) is 12.8 Å². The largest absolute Gasteiger partial charge is 0.478 e. The van der Waals surface area contributed by atoms with Gasteiger partial charge >= 0.3 is 11.9 Å². The van der Waals surface area contributed by atoms with Crippen LogP contribution in [0.25, 0.3) is 0 Å². The minimum absolute atomic E-state index is 0.0971. The van der Waals surface area contributed by atoms with Crippen molar-refractivity contribution in [2.45, 2.75) is 39.2 Å². The average Bonchev–Trinajstić information content (AvgIpc) is 2.37. The quantitative estimate of drug-likeness (QED) is 0.725. The summed E-state index contributed by atoms with van der Waals surface area (Å²) in [6, 6.07) is 0. The van der Waals surface area contributed by atoms with Crippen LogP contribution < -0.4 is 5.32 Å². The van der Waals surface area contributed by atoms with Gasteiger partial charge in [-0.1, -0.05) is 0 Å². The summed E-state index contributed by atoms with van der Waals surface area (Å²) < 4.78 is 5.65. The summed E-state index contributed by atoms with van der Waals surface area (Å²) in [5.41, 5.74) is 1.16. The molecule has 3 N–H and O–H groups in total. The van der Waals surface area contributed by atoms with Gasteiger partial charge in [-0.15, -0.1) is 0 Å². The molecule has 0 amide bonds. The van der Waals surface area contributed by atoms with E-state index in [1.165, 1.54) is 0 Å². The summed E-state index contributed by atoms with van der Waals surface area (Å²) in [5.74, 6) is -2.91. The maximum atomic E-state index is 11.5. The first-order valence-corrected chi connectivity index (χ1v) is 6.70. The predicted octanol–water partition coefficient (Wildman–Crippen LogP) is 1.49. The van der Waals surface area contributed by atoms with Crippen molar-refractivity contribution in [3.8, 4) is 0 Å². The molecule has 110 valence electrons. The summed E-state index contributed by atoms with van der Waals surface area (Å²) in [7, 11) is 0. The second kappa shape index (κ2) is 5.66. The Morgan fingerprint density at radius 2 is 1.65 bits per heavy atom. The fraction of sp³-hybridized carbons (Fsp3) is 0.571. The second-order valence-corrected chi connectivity index (χ2v) is 5.20. The Labute approximate surface area is 117 Å². The summed E-state index contributed by atoms with van der Waals surface area (Å²) in [6.45, 7) is 3.86. The highest BCUT2D eigenvalue weighted by Crippen LogP contribution is 2.36. The van der Waals surface area contributed by atoms with Crippen molar-refractivity contribution < 1.29 is 24.5 Å².